The number of aryl methyl sites for hydroxylation is 1. The minimum absolute atomic E-state index is 0.738. The van der Waals surface area contributed by atoms with Crippen LogP contribution in [-0.2, 0) is 6.42 Å². The zero-order valence-corrected chi connectivity index (χ0v) is 9.46. The van der Waals surface area contributed by atoms with Crippen LogP contribution in [0.25, 0.3) is 0 Å². The predicted molar refractivity (Wildman–Crippen MR) is 59.7 cm³/mol. The van der Waals surface area contributed by atoms with Gasteiger partial charge in [0.2, 0.25) is 0 Å². The molecule has 3 nitrogen and oxygen atoms in total. The Morgan fingerprint density at radius 3 is 2.53 bits per heavy atom. The van der Waals surface area contributed by atoms with Crippen LogP contribution in [0.5, 0.6) is 0 Å². The van der Waals surface area contributed by atoms with Gasteiger partial charge in [0.25, 0.3) is 0 Å². The van der Waals surface area contributed by atoms with Crippen molar-refractivity contribution in [2.24, 2.45) is 5.16 Å². The largest absolute Gasteiger partial charge is 0.411 e. The molecule has 0 atom stereocenters. The molecule has 0 saturated carbocycles. The van der Waals surface area contributed by atoms with Gasteiger partial charge in [-0.1, -0.05) is 5.16 Å². The van der Waals surface area contributed by atoms with Gasteiger partial charge in [-0.15, -0.1) is 0 Å². The minimum Gasteiger partial charge on any atom is -0.411 e. The van der Waals surface area contributed by atoms with Gasteiger partial charge in [-0.05, 0) is 56.7 Å². The first-order valence-electron chi connectivity index (χ1n) is 5.33. The van der Waals surface area contributed by atoms with Gasteiger partial charge in [-0.3, -0.25) is 4.98 Å². The van der Waals surface area contributed by atoms with Crippen molar-refractivity contribution >= 4 is 5.71 Å². The highest BCUT2D eigenvalue weighted by atomic mass is 16.4. The molecule has 0 bridgehead atoms. The molecule has 0 saturated heterocycles. The van der Waals surface area contributed by atoms with Gasteiger partial charge in [-0.2, -0.15) is 0 Å². The summed E-state index contributed by atoms with van der Waals surface area (Å²) in [6.45, 7) is 6.23. The summed E-state index contributed by atoms with van der Waals surface area (Å²) in [6, 6.07) is 0. The number of oxime groups is 1. The van der Waals surface area contributed by atoms with Gasteiger partial charge in [0, 0.05) is 5.69 Å². The fourth-order valence-electron chi connectivity index (χ4n) is 2.19. The highest BCUT2D eigenvalue weighted by Gasteiger charge is 2.21. The summed E-state index contributed by atoms with van der Waals surface area (Å²) in [5.74, 6) is 0. The molecule has 0 unspecified atom stereocenters. The highest BCUT2D eigenvalue weighted by molar-refractivity contribution is 6.01. The zero-order valence-electron chi connectivity index (χ0n) is 9.46. The summed E-state index contributed by atoms with van der Waals surface area (Å²) < 4.78 is 0. The van der Waals surface area contributed by atoms with Crippen molar-refractivity contribution < 1.29 is 5.21 Å². The lowest BCUT2D eigenvalue weighted by Crippen LogP contribution is -2.17. The van der Waals surface area contributed by atoms with E-state index in [1.54, 1.807) is 0 Å². The second-order valence-corrected chi connectivity index (χ2v) is 4.17. The summed E-state index contributed by atoms with van der Waals surface area (Å²) in [4.78, 5) is 4.54. The van der Waals surface area contributed by atoms with E-state index < -0.39 is 0 Å². The first kappa shape index (κ1) is 10.1. The average Bonchev–Trinajstić information content (AvgIpc) is 2.25. The Morgan fingerprint density at radius 1 is 1.13 bits per heavy atom. The molecule has 2 rings (SSSR count). The molecule has 1 aliphatic carbocycles. The van der Waals surface area contributed by atoms with Gasteiger partial charge in [0.1, 0.15) is 5.71 Å². The summed E-state index contributed by atoms with van der Waals surface area (Å²) >= 11 is 0. The monoisotopic (exact) mass is 204 g/mol. The number of fused-ring (bicyclic) bond motifs is 1. The predicted octanol–water partition coefficient (Wildman–Crippen LogP) is 2.52. The van der Waals surface area contributed by atoms with Crippen molar-refractivity contribution in [2.75, 3.05) is 0 Å². The third-order valence-corrected chi connectivity index (χ3v) is 3.36. The van der Waals surface area contributed by atoms with Crippen LogP contribution in [0.4, 0.5) is 0 Å². The van der Waals surface area contributed by atoms with Crippen LogP contribution in [0, 0.1) is 20.8 Å². The Hall–Kier alpha value is -1.38. The van der Waals surface area contributed by atoms with E-state index in [4.69, 9.17) is 5.21 Å². The van der Waals surface area contributed by atoms with Crippen LogP contribution in [0.15, 0.2) is 5.16 Å². The Kier molecular flexibility index (Phi) is 2.47. The molecule has 0 aromatic carbocycles. The SMILES string of the molecule is Cc1nc2c(c(C)c1C)CCC/C2=N/O. The molecule has 0 aliphatic heterocycles. The highest BCUT2D eigenvalue weighted by Crippen LogP contribution is 2.26. The Morgan fingerprint density at radius 2 is 1.87 bits per heavy atom. The molecule has 3 heteroatoms. The molecule has 0 fully saturated rings. The second-order valence-electron chi connectivity index (χ2n) is 4.17. The molecular weight excluding hydrogens is 188 g/mol. The van der Waals surface area contributed by atoms with E-state index in [1.165, 1.54) is 16.7 Å². The Bertz CT molecular complexity index is 436. The fraction of sp³-hybridized carbons (Fsp3) is 0.500. The van der Waals surface area contributed by atoms with Crippen molar-refractivity contribution in [2.45, 2.75) is 40.0 Å². The molecular formula is C12H16N2O. The maximum absolute atomic E-state index is 8.94. The quantitative estimate of drug-likeness (QED) is 0.521. The normalized spacial score (nSPS) is 17.9. The van der Waals surface area contributed by atoms with E-state index in [0.717, 1.165) is 36.4 Å². The zero-order chi connectivity index (χ0) is 11.0. The standard InChI is InChI=1S/C12H16N2O/c1-7-8(2)10-5-4-6-11(14-15)12(10)13-9(7)3/h15H,4-6H2,1-3H3/b14-11-. The second kappa shape index (κ2) is 3.65. The first-order valence-corrected chi connectivity index (χ1v) is 5.33. The van der Waals surface area contributed by atoms with E-state index >= 15 is 0 Å². The molecule has 1 aromatic heterocycles. The Labute approximate surface area is 89.8 Å². The maximum atomic E-state index is 8.94. The van der Waals surface area contributed by atoms with Crippen molar-refractivity contribution in [3.63, 3.8) is 0 Å². The van der Waals surface area contributed by atoms with E-state index in [0.29, 0.717) is 0 Å². The number of aromatic nitrogens is 1. The summed E-state index contributed by atoms with van der Waals surface area (Å²) in [6.07, 6.45) is 2.93. The number of nitrogens with zero attached hydrogens (tertiary/aromatic N) is 2. The maximum Gasteiger partial charge on any atom is 0.105 e. The molecule has 1 aliphatic rings. The van der Waals surface area contributed by atoms with Crippen molar-refractivity contribution in [3.8, 4) is 0 Å². The average molecular weight is 204 g/mol. The summed E-state index contributed by atoms with van der Waals surface area (Å²) in [5.41, 5.74) is 6.50. The third kappa shape index (κ3) is 1.52. The van der Waals surface area contributed by atoms with Crippen molar-refractivity contribution in [1.82, 2.24) is 4.98 Å². The molecule has 1 N–H and O–H groups in total. The van der Waals surface area contributed by atoms with Crippen LogP contribution < -0.4 is 0 Å². The number of hydrogen-bond acceptors (Lipinski definition) is 3. The van der Waals surface area contributed by atoms with Crippen LogP contribution >= 0.6 is 0 Å². The molecule has 0 spiro atoms. The number of hydrogen-bond donors (Lipinski definition) is 1. The lowest BCUT2D eigenvalue weighted by Gasteiger charge is -2.20. The van der Waals surface area contributed by atoms with Gasteiger partial charge >= 0.3 is 0 Å². The number of pyridine rings is 1. The van der Waals surface area contributed by atoms with Gasteiger partial charge in [0.15, 0.2) is 0 Å². The molecule has 0 radical (unpaired) electrons. The fourth-order valence-corrected chi connectivity index (χ4v) is 2.19. The molecule has 15 heavy (non-hydrogen) atoms. The van der Waals surface area contributed by atoms with Crippen molar-refractivity contribution in [1.29, 1.82) is 0 Å². The first-order chi connectivity index (χ1) is 7.15. The third-order valence-electron chi connectivity index (χ3n) is 3.36. The molecule has 1 aromatic rings. The minimum atomic E-state index is 0.738. The smallest absolute Gasteiger partial charge is 0.105 e. The van der Waals surface area contributed by atoms with Crippen LogP contribution in [-0.4, -0.2) is 15.9 Å². The van der Waals surface area contributed by atoms with Gasteiger partial charge in [-0.25, -0.2) is 0 Å². The lowest BCUT2D eigenvalue weighted by atomic mass is 9.89. The van der Waals surface area contributed by atoms with Crippen LogP contribution in [0.3, 0.4) is 0 Å². The van der Waals surface area contributed by atoms with E-state index in [2.05, 4.69) is 24.0 Å². The van der Waals surface area contributed by atoms with Crippen LogP contribution in [0.1, 0.15) is 40.9 Å². The van der Waals surface area contributed by atoms with E-state index in [9.17, 15) is 0 Å². The summed E-state index contributed by atoms with van der Waals surface area (Å²) in [5, 5.41) is 12.3. The van der Waals surface area contributed by atoms with Gasteiger partial charge < -0.3 is 5.21 Å². The van der Waals surface area contributed by atoms with E-state index in [-0.39, 0.29) is 0 Å². The van der Waals surface area contributed by atoms with Crippen LogP contribution in [0.2, 0.25) is 0 Å². The Balaban J connectivity index is 2.69. The lowest BCUT2D eigenvalue weighted by molar-refractivity contribution is 0.317. The molecule has 80 valence electrons. The van der Waals surface area contributed by atoms with Crippen molar-refractivity contribution in [3.05, 3.63) is 28.1 Å². The van der Waals surface area contributed by atoms with E-state index in [1.807, 2.05) is 6.92 Å². The molecule has 0 amide bonds. The topological polar surface area (TPSA) is 45.5 Å². The van der Waals surface area contributed by atoms with Gasteiger partial charge in [0.05, 0.1) is 5.69 Å². The summed E-state index contributed by atoms with van der Waals surface area (Å²) in [7, 11) is 0. The molecule has 1 heterocycles. The number of rotatable bonds is 0.